The smallest absolute Gasteiger partial charge is 0.310 e. The molecule has 0 spiro atoms. The van der Waals surface area contributed by atoms with Crippen LogP contribution in [0, 0.1) is 0 Å². The average Bonchev–Trinajstić information content (AvgIpc) is 2.51. The molecule has 0 amide bonds. The highest BCUT2D eigenvalue weighted by molar-refractivity contribution is 5.99. The van der Waals surface area contributed by atoms with Crippen molar-refractivity contribution in [2.24, 2.45) is 0 Å². The zero-order valence-corrected chi connectivity index (χ0v) is 13.8. The lowest BCUT2D eigenvalue weighted by Gasteiger charge is -2.13. The third kappa shape index (κ3) is 5.51. The summed E-state index contributed by atoms with van der Waals surface area (Å²) in [4.78, 5) is 24.2. The van der Waals surface area contributed by atoms with E-state index in [1.807, 2.05) is 0 Å². The molecule has 0 heterocycles. The Balaban J connectivity index is 2.88. The summed E-state index contributed by atoms with van der Waals surface area (Å²) < 4.78 is 10.3. The molecular weight excluding hydrogens is 280 g/mol. The van der Waals surface area contributed by atoms with Gasteiger partial charge < -0.3 is 9.47 Å². The fourth-order valence-electron chi connectivity index (χ4n) is 2.40. The largest absolute Gasteiger partial charge is 0.496 e. The van der Waals surface area contributed by atoms with E-state index in [1.54, 1.807) is 32.2 Å². The van der Waals surface area contributed by atoms with E-state index < -0.39 is 0 Å². The highest BCUT2D eigenvalue weighted by Gasteiger charge is 2.18. The Morgan fingerprint density at radius 2 is 1.86 bits per heavy atom. The number of carbonyl (C=O) groups is 2. The first kappa shape index (κ1) is 18.2. The van der Waals surface area contributed by atoms with Crippen molar-refractivity contribution >= 4 is 11.8 Å². The number of carbonyl (C=O) groups excluding carboxylic acids is 2. The number of unbranched alkanes of at least 4 members (excludes halogenated alkanes) is 3. The van der Waals surface area contributed by atoms with Gasteiger partial charge in [-0.3, -0.25) is 9.59 Å². The molecule has 1 rings (SSSR count). The Hall–Kier alpha value is -1.84. The SMILES string of the molecule is CCCCCCC(=O)c1cccc(OC)c1CC(=O)OCC. The van der Waals surface area contributed by atoms with Gasteiger partial charge in [0.25, 0.3) is 0 Å². The van der Waals surface area contributed by atoms with Gasteiger partial charge in [-0.15, -0.1) is 0 Å². The van der Waals surface area contributed by atoms with Crippen molar-refractivity contribution in [3.8, 4) is 5.75 Å². The lowest BCUT2D eigenvalue weighted by molar-refractivity contribution is -0.142. The first-order valence-corrected chi connectivity index (χ1v) is 7.98. The van der Waals surface area contributed by atoms with Crippen LogP contribution in [0.15, 0.2) is 18.2 Å². The molecule has 0 radical (unpaired) electrons. The zero-order valence-electron chi connectivity index (χ0n) is 13.8. The highest BCUT2D eigenvalue weighted by atomic mass is 16.5. The van der Waals surface area contributed by atoms with E-state index in [4.69, 9.17) is 9.47 Å². The third-order valence-corrected chi connectivity index (χ3v) is 3.54. The molecule has 4 nitrogen and oxygen atoms in total. The topological polar surface area (TPSA) is 52.6 Å². The van der Waals surface area contributed by atoms with E-state index in [0.717, 1.165) is 25.7 Å². The van der Waals surface area contributed by atoms with Crippen molar-refractivity contribution in [1.29, 1.82) is 0 Å². The van der Waals surface area contributed by atoms with Crippen molar-refractivity contribution in [2.45, 2.75) is 52.4 Å². The highest BCUT2D eigenvalue weighted by Crippen LogP contribution is 2.25. The van der Waals surface area contributed by atoms with Gasteiger partial charge in [-0.1, -0.05) is 38.3 Å². The van der Waals surface area contributed by atoms with Crippen molar-refractivity contribution < 1.29 is 19.1 Å². The van der Waals surface area contributed by atoms with Crippen LogP contribution in [0.25, 0.3) is 0 Å². The molecule has 0 N–H and O–H groups in total. The Morgan fingerprint density at radius 3 is 2.50 bits per heavy atom. The summed E-state index contributed by atoms with van der Waals surface area (Å²) in [6.45, 7) is 4.23. The summed E-state index contributed by atoms with van der Waals surface area (Å²) in [5.74, 6) is 0.286. The second-order valence-electron chi connectivity index (χ2n) is 5.20. The minimum Gasteiger partial charge on any atom is -0.496 e. The van der Waals surface area contributed by atoms with E-state index in [2.05, 4.69) is 6.92 Å². The van der Waals surface area contributed by atoms with Gasteiger partial charge in [0.1, 0.15) is 5.75 Å². The van der Waals surface area contributed by atoms with Gasteiger partial charge in [0.15, 0.2) is 5.78 Å². The minimum atomic E-state index is -0.341. The molecule has 0 fully saturated rings. The predicted octanol–water partition coefficient (Wildman–Crippen LogP) is 3.95. The quantitative estimate of drug-likeness (QED) is 0.373. The van der Waals surface area contributed by atoms with Crippen LogP contribution in [0.2, 0.25) is 0 Å². The standard InChI is InChI=1S/C18H26O4/c1-4-6-7-8-11-16(19)14-10-9-12-17(21-3)15(14)13-18(20)22-5-2/h9-10,12H,4-8,11,13H2,1-3H3. The Morgan fingerprint density at radius 1 is 1.09 bits per heavy atom. The van der Waals surface area contributed by atoms with Crippen molar-refractivity contribution in [2.75, 3.05) is 13.7 Å². The van der Waals surface area contributed by atoms with Gasteiger partial charge >= 0.3 is 5.97 Å². The van der Waals surface area contributed by atoms with E-state index in [9.17, 15) is 9.59 Å². The van der Waals surface area contributed by atoms with E-state index >= 15 is 0 Å². The summed E-state index contributed by atoms with van der Waals surface area (Å²) in [6.07, 6.45) is 4.78. The molecule has 0 aromatic heterocycles. The maximum Gasteiger partial charge on any atom is 0.310 e. The molecule has 1 aromatic rings. The molecule has 122 valence electrons. The number of esters is 1. The van der Waals surface area contributed by atoms with Crippen LogP contribution in [0.1, 0.15) is 61.9 Å². The second-order valence-corrected chi connectivity index (χ2v) is 5.20. The number of rotatable bonds is 10. The molecular formula is C18H26O4. The number of ketones is 1. The van der Waals surface area contributed by atoms with Gasteiger partial charge in [0.05, 0.1) is 20.1 Å². The molecule has 0 aliphatic carbocycles. The van der Waals surface area contributed by atoms with Gasteiger partial charge in [-0.2, -0.15) is 0 Å². The second kappa shape index (κ2) is 9.98. The summed E-state index contributed by atoms with van der Waals surface area (Å²) >= 11 is 0. The van der Waals surface area contributed by atoms with Crippen LogP contribution >= 0.6 is 0 Å². The number of hydrogen-bond acceptors (Lipinski definition) is 4. The molecule has 0 saturated carbocycles. The number of ether oxygens (including phenoxy) is 2. The zero-order chi connectivity index (χ0) is 16.4. The fraction of sp³-hybridized carbons (Fsp3) is 0.556. The van der Waals surface area contributed by atoms with Crippen LogP contribution < -0.4 is 4.74 Å². The van der Waals surface area contributed by atoms with Crippen molar-refractivity contribution in [1.82, 2.24) is 0 Å². The van der Waals surface area contributed by atoms with Crippen LogP contribution in [-0.2, 0) is 16.0 Å². The Kier molecular flexibility index (Phi) is 8.26. The molecule has 0 unspecified atom stereocenters. The minimum absolute atomic E-state index is 0.0634. The summed E-state index contributed by atoms with van der Waals surface area (Å²) in [7, 11) is 1.54. The van der Waals surface area contributed by atoms with E-state index in [-0.39, 0.29) is 18.2 Å². The predicted molar refractivity (Wildman–Crippen MR) is 86.4 cm³/mol. The van der Waals surface area contributed by atoms with Gasteiger partial charge in [0, 0.05) is 17.5 Å². The van der Waals surface area contributed by atoms with Crippen molar-refractivity contribution in [3.63, 3.8) is 0 Å². The first-order valence-electron chi connectivity index (χ1n) is 7.98. The van der Waals surface area contributed by atoms with Gasteiger partial charge in [0.2, 0.25) is 0 Å². The molecule has 0 saturated heterocycles. The van der Waals surface area contributed by atoms with Crippen LogP contribution in [0.3, 0.4) is 0 Å². The van der Waals surface area contributed by atoms with E-state index in [1.165, 1.54) is 0 Å². The molecule has 0 aliphatic heterocycles. The molecule has 0 aliphatic rings. The summed E-state index contributed by atoms with van der Waals surface area (Å²) in [5.41, 5.74) is 1.20. The molecule has 0 bridgehead atoms. The summed E-state index contributed by atoms with van der Waals surface area (Å²) in [5, 5.41) is 0. The summed E-state index contributed by atoms with van der Waals surface area (Å²) in [6, 6.07) is 5.31. The van der Waals surface area contributed by atoms with Gasteiger partial charge in [-0.25, -0.2) is 0 Å². The van der Waals surface area contributed by atoms with Crippen LogP contribution in [-0.4, -0.2) is 25.5 Å². The number of Topliss-reactive ketones (excluding diaryl/α,β-unsaturated/α-hetero) is 1. The van der Waals surface area contributed by atoms with Crippen LogP contribution in [0.5, 0.6) is 5.75 Å². The average molecular weight is 306 g/mol. The lowest BCUT2D eigenvalue weighted by Crippen LogP contribution is -2.13. The maximum atomic E-state index is 12.4. The Labute approximate surface area is 132 Å². The third-order valence-electron chi connectivity index (χ3n) is 3.54. The van der Waals surface area contributed by atoms with Crippen LogP contribution in [0.4, 0.5) is 0 Å². The Bertz CT molecular complexity index is 494. The normalized spacial score (nSPS) is 10.3. The van der Waals surface area contributed by atoms with Gasteiger partial charge in [-0.05, 0) is 19.4 Å². The van der Waals surface area contributed by atoms with E-state index in [0.29, 0.717) is 29.9 Å². The lowest BCUT2D eigenvalue weighted by atomic mass is 9.96. The first-order chi connectivity index (χ1) is 10.6. The van der Waals surface area contributed by atoms with Crippen molar-refractivity contribution in [3.05, 3.63) is 29.3 Å². The molecule has 0 atom stereocenters. The number of methoxy groups -OCH3 is 1. The molecule has 4 heteroatoms. The fourth-order valence-corrected chi connectivity index (χ4v) is 2.40. The molecule has 1 aromatic carbocycles. The monoisotopic (exact) mass is 306 g/mol. The number of hydrogen-bond donors (Lipinski definition) is 0. The number of benzene rings is 1. The molecule has 22 heavy (non-hydrogen) atoms. The maximum absolute atomic E-state index is 12.4.